The molecule has 2 unspecified atom stereocenters. The molecule has 3 heterocycles. The van der Waals surface area contributed by atoms with Crippen LogP contribution in [-0.2, 0) is 16.2 Å². The summed E-state index contributed by atoms with van der Waals surface area (Å²) in [5.41, 5.74) is 20.4. The highest BCUT2D eigenvalue weighted by Crippen LogP contribution is 2.57. The van der Waals surface area contributed by atoms with E-state index >= 15 is 0 Å². The maximum absolute atomic E-state index is 2.83. The number of fused-ring (bicyclic) bond motifs is 7. The molecule has 0 radical (unpaired) electrons. The minimum Gasteiger partial charge on any atom is -0.334 e. The van der Waals surface area contributed by atoms with Crippen LogP contribution in [0.3, 0.4) is 0 Å². The van der Waals surface area contributed by atoms with Crippen LogP contribution in [0, 0.1) is 0 Å². The molecule has 2 atom stereocenters. The molecule has 320 valence electrons. The molecule has 0 bridgehead atoms. The van der Waals surface area contributed by atoms with E-state index in [-0.39, 0.29) is 34.8 Å². The molecule has 1 aromatic heterocycles. The summed E-state index contributed by atoms with van der Waals surface area (Å²) in [4.78, 5) is 5.52. The van der Waals surface area contributed by atoms with Crippen molar-refractivity contribution in [2.45, 2.75) is 116 Å². The normalized spacial score (nSPS) is 19.5. The number of anilines is 4. The Bertz CT molecular complexity index is 2970. The van der Waals surface area contributed by atoms with E-state index in [1.165, 1.54) is 112 Å². The summed E-state index contributed by atoms with van der Waals surface area (Å²) in [6, 6.07) is 51.6. The molecule has 0 fully saturated rings. The van der Waals surface area contributed by atoms with Gasteiger partial charge in [-0.15, -0.1) is 11.3 Å². The van der Waals surface area contributed by atoms with Crippen molar-refractivity contribution in [3.05, 3.63) is 179 Å². The van der Waals surface area contributed by atoms with Crippen LogP contribution in [0.1, 0.15) is 110 Å². The van der Waals surface area contributed by atoms with Crippen LogP contribution in [0.15, 0.2) is 157 Å². The Morgan fingerprint density at radius 3 is 1.89 bits per heavy atom. The zero-order valence-electron chi connectivity index (χ0n) is 39.4. The summed E-state index contributed by atoms with van der Waals surface area (Å²) in [6.07, 6.45) is 7.51. The van der Waals surface area contributed by atoms with E-state index in [1.54, 1.807) is 0 Å². The largest absolute Gasteiger partial charge is 0.334 e. The van der Waals surface area contributed by atoms with Gasteiger partial charge in [-0.1, -0.05) is 177 Å². The number of nitrogens with zero attached hydrogens (tertiary/aromatic N) is 2. The van der Waals surface area contributed by atoms with E-state index in [0.29, 0.717) is 5.92 Å². The standard InChI is InChI=1S/C60H61BN2S/c1-37(2)41-24-29-53-46(34-41)56-57(64-53)61-49-35-47-48(60(9,10)31-30-59(47,7)8)36-50(49)63(55-44(39-18-13-11-14-19-39)22-17-23-45(55)40-20-15-12-16-21-40)52-33-38(3)32-51(54(52)61)62(56)43-27-25-42(26-28-43)58(4,5)6/h11-29,32-37,52,54H,30-31H2,1-10H3. The van der Waals surface area contributed by atoms with E-state index in [1.807, 2.05) is 11.3 Å². The molecule has 2 aliphatic carbocycles. The highest BCUT2D eigenvalue weighted by Gasteiger charge is 2.55. The van der Waals surface area contributed by atoms with Crippen molar-refractivity contribution in [2.24, 2.45) is 0 Å². The van der Waals surface area contributed by atoms with Crippen molar-refractivity contribution < 1.29 is 0 Å². The van der Waals surface area contributed by atoms with E-state index in [2.05, 4.69) is 225 Å². The van der Waals surface area contributed by atoms with Crippen LogP contribution < -0.4 is 20.0 Å². The molecule has 11 rings (SSSR count). The number of rotatable bonds is 5. The van der Waals surface area contributed by atoms with Crippen molar-refractivity contribution >= 4 is 61.1 Å². The van der Waals surface area contributed by atoms with Crippen LogP contribution in [-0.4, -0.2) is 12.8 Å². The molecule has 4 aliphatic rings. The van der Waals surface area contributed by atoms with Crippen molar-refractivity contribution in [1.29, 1.82) is 0 Å². The lowest BCUT2D eigenvalue weighted by Crippen LogP contribution is -2.63. The first-order valence-electron chi connectivity index (χ1n) is 23.7. The number of hydrogen-bond acceptors (Lipinski definition) is 3. The van der Waals surface area contributed by atoms with Gasteiger partial charge in [0.15, 0.2) is 0 Å². The third-order valence-corrected chi connectivity index (χ3v) is 16.6. The van der Waals surface area contributed by atoms with Gasteiger partial charge in [-0.05, 0) is 117 Å². The van der Waals surface area contributed by atoms with Crippen molar-refractivity contribution in [1.82, 2.24) is 0 Å². The lowest BCUT2D eigenvalue weighted by molar-refractivity contribution is 0.332. The smallest absolute Gasteiger partial charge is 0.239 e. The molecule has 64 heavy (non-hydrogen) atoms. The van der Waals surface area contributed by atoms with Crippen LogP contribution in [0.25, 0.3) is 32.3 Å². The molecule has 0 saturated carbocycles. The molecule has 0 spiro atoms. The minimum atomic E-state index is 0.0449. The lowest BCUT2D eigenvalue weighted by Gasteiger charge is -2.54. The molecule has 6 aromatic carbocycles. The Hall–Kier alpha value is -5.58. The monoisotopic (exact) mass is 852 g/mol. The summed E-state index contributed by atoms with van der Waals surface area (Å²) in [5.74, 6) is 0.581. The summed E-state index contributed by atoms with van der Waals surface area (Å²) in [5, 5.41) is 1.37. The zero-order valence-corrected chi connectivity index (χ0v) is 40.2. The quantitative estimate of drug-likeness (QED) is 0.159. The maximum Gasteiger partial charge on any atom is 0.239 e. The van der Waals surface area contributed by atoms with E-state index < -0.39 is 0 Å². The van der Waals surface area contributed by atoms with Crippen molar-refractivity contribution in [3.63, 3.8) is 0 Å². The second kappa shape index (κ2) is 14.7. The summed E-state index contributed by atoms with van der Waals surface area (Å²) in [7, 11) is 0. The molecule has 0 amide bonds. The molecule has 0 N–H and O–H groups in total. The van der Waals surface area contributed by atoms with Gasteiger partial charge in [-0.25, -0.2) is 0 Å². The van der Waals surface area contributed by atoms with Gasteiger partial charge < -0.3 is 9.80 Å². The van der Waals surface area contributed by atoms with Gasteiger partial charge >= 0.3 is 0 Å². The molecular formula is C60H61BN2S. The average Bonchev–Trinajstić information content (AvgIpc) is 3.66. The van der Waals surface area contributed by atoms with E-state index in [4.69, 9.17) is 0 Å². The SMILES string of the molecule is CC1=CC2C3B(c4cc5c(cc4N2c2c(-c4ccccc4)cccc2-c2ccccc2)C(C)(C)CCC5(C)C)c2sc4ccc(C(C)C)cc4c2N(c2ccc(C(C)(C)C)cc2)C3=C1. The maximum atomic E-state index is 2.83. The predicted octanol–water partition coefficient (Wildman–Crippen LogP) is 15.5. The Morgan fingerprint density at radius 2 is 1.30 bits per heavy atom. The molecule has 0 saturated heterocycles. The number of hydrogen-bond donors (Lipinski definition) is 0. The van der Waals surface area contributed by atoms with Gasteiger partial charge in [-0.2, -0.15) is 0 Å². The Kier molecular flexibility index (Phi) is 9.47. The first-order chi connectivity index (χ1) is 30.6. The van der Waals surface area contributed by atoms with Crippen molar-refractivity contribution in [2.75, 3.05) is 9.80 Å². The summed E-state index contributed by atoms with van der Waals surface area (Å²) < 4.78 is 2.86. The van der Waals surface area contributed by atoms with Gasteiger partial charge in [0.05, 0.1) is 17.4 Å². The van der Waals surface area contributed by atoms with Gasteiger partial charge in [0.2, 0.25) is 6.71 Å². The van der Waals surface area contributed by atoms with Gasteiger partial charge in [-0.3, -0.25) is 0 Å². The second-order valence-corrected chi connectivity index (χ2v) is 22.9. The van der Waals surface area contributed by atoms with E-state index in [0.717, 1.165) is 0 Å². The molecule has 2 nitrogen and oxygen atoms in total. The Labute approximate surface area is 386 Å². The highest BCUT2D eigenvalue weighted by molar-refractivity contribution is 7.32. The molecule has 2 aliphatic heterocycles. The third-order valence-electron chi connectivity index (χ3n) is 15.4. The average molecular weight is 853 g/mol. The zero-order chi connectivity index (χ0) is 44.4. The van der Waals surface area contributed by atoms with E-state index in [9.17, 15) is 0 Å². The third kappa shape index (κ3) is 6.41. The van der Waals surface area contributed by atoms with Crippen LogP contribution in [0.2, 0.25) is 5.82 Å². The molecule has 7 aromatic rings. The first-order valence-corrected chi connectivity index (χ1v) is 24.5. The fourth-order valence-electron chi connectivity index (χ4n) is 11.7. The minimum absolute atomic E-state index is 0.0449. The topological polar surface area (TPSA) is 6.48 Å². The molecular weight excluding hydrogens is 792 g/mol. The van der Waals surface area contributed by atoms with Gasteiger partial charge in [0, 0.05) is 48.9 Å². The Morgan fingerprint density at radius 1 is 0.688 bits per heavy atom. The lowest BCUT2D eigenvalue weighted by atomic mass is 9.30. The second-order valence-electron chi connectivity index (χ2n) is 21.9. The van der Waals surface area contributed by atoms with Crippen LogP contribution in [0.4, 0.5) is 22.7 Å². The number of allylic oxidation sites excluding steroid dienone is 2. The number of para-hydroxylation sites is 1. The fraction of sp³-hybridized carbons (Fsp3) is 0.300. The number of benzene rings is 6. The summed E-state index contributed by atoms with van der Waals surface area (Å²) in [6.45, 7) is 24.1. The predicted molar refractivity (Wildman–Crippen MR) is 279 cm³/mol. The van der Waals surface area contributed by atoms with Gasteiger partial charge in [0.1, 0.15) is 0 Å². The summed E-state index contributed by atoms with van der Waals surface area (Å²) >= 11 is 2.04. The fourth-order valence-corrected chi connectivity index (χ4v) is 13.0. The highest BCUT2D eigenvalue weighted by atomic mass is 32.1. The van der Waals surface area contributed by atoms with Gasteiger partial charge in [0.25, 0.3) is 0 Å². The Balaban J connectivity index is 1.28. The van der Waals surface area contributed by atoms with Crippen LogP contribution >= 0.6 is 11.3 Å². The first kappa shape index (κ1) is 41.2. The van der Waals surface area contributed by atoms with Crippen LogP contribution in [0.5, 0.6) is 0 Å². The number of thiophene rings is 1. The molecule has 4 heteroatoms. The van der Waals surface area contributed by atoms with Crippen molar-refractivity contribution in [3.8, 4) is 22.3 Å².